The number of aliphatic hydroxyl groups is 1. The molecule has 0 amide bonds. The van der Waals surface area contributed by atoms with Crippen LogP contribution in [0.15, 0.2) is 24.3 Å². The number of aliphatic hydroxyl groups excluding tert-OH is 1. The lowest BCUT2D eigenvalue weighted by molar-refractivity contribution is -0.683. The Labute approximate surface area is 92.1 Å². The van der Waals surface area contributed by atoms with Gasteiger partial charge in [-0.2, -0.15) is 0 Å². The molecule has 0 radical (unpaired) electrons. The second kappa shape index (κ2) is 3.54. The summed E-state index contributed by atoms with van der Waals surface area (Å²) >= 11 is 1.78. The number of nitrogens with one attached hydrogen (secondary N) is 1. The minimum absolute atomic E-state index is 0.236. The predicted octanol–water partition coefficient (Wildman–Crippen LogP) is 1.06. The maximum Gasteiger partial charge on any atom is 0.265 e. The van der Waals surface area contributed by atoms with Gasteiger partial charge in [0.05, 0.1) is 5.75 Å². The van der Waals surface area contributed by atoms with Crippen LogP contribution in [0.3, 0.4) is 0 Å². The van der Waals surface area contributed by atoms with E-state index in [1.54, 1.807) is 11.8 Å². The van der Waals surface area contributed by atoms with Crippen LogP contribution < -0.4 is 4.57 Å². The first-order valence-corrected chi connectivity index (χ1v) is 6.25. The van der Waals surface area contributed by atoms with Crippen LogP contribution in [0, 0.1) is 0 Å². The Kier molecular flexibility index (Phi) is 2.18. The number of hydrogen-bond donors (Lipinski definition) is 2. The van der Waals surface area contributed by atoms with Gasteiger partial charge in [-0.15, -0.1) is 11.8 Å². The standard InChI is InChI=1S/C11H12N2OS/c14-8-5-13-10-4-2-1-3-9(10)12-11(13)7-15-6-8/h1-4,8,14H,5-7H2/p+1. The van der Waals surface area contributed by atoms with Crippen LogP contribution in [-0.2, 0) is 12.3 Å². The summed E-state index contributed by atoms with van der Waals surface area (Å²) in [6, 6.07) is 8.24. The van der Waals surface area contributed by atoms with Crippen LogP contribution in [0.5, 0.6) is 0 Å². The van der Waals surface area contributed by atoms with Crippen molar-refractivity contribution in [1.82, 2.24) is 4.98 Å². The van der Waals surface area contributed by atoms with Crippen LogP contribution in [0.4, 0.5) is 0 Å². The second-order valence-electron chi connectivity index (χ2n) is 3.87. The molecule has 0 fully saturated rings. The molecule has 0 spiro atoms. The molecule has 2 N–H and O–H groups in total. The molecule has 0 aliphatic carbocycles. The van der Waals surface area contributed by atoms with E-state index in [4.69, 9.17) is 0 Å². The minimum atomic E-state index is -0.236. The van der Waals surface area contributed by atoms with E-state index in [1.165, 1.54) is 11.3 Å². The quantitative estimate of drug-likeness (QED) is 0.653. The van der Waals surface area contributed by atoms with Crippen molar-refractivity contribution in [2.75, 3.05) is 5.75 Å². The van der Waals surface area contributed by atoms with E-state index in [0.29, 0.717) is 6.54 Å². The van der Waals surface area contributed by atoms with Crippen molar-refractivity contribution in [3.63, 3.8) is 0 Å². The van der Waals surface area contributed by atoms with Gasteiger partial charge < -0.3 is 5.11 Å². The molecule has 0 saturated heterocycles. The Morgan fingerprint density at radius 1 is 1.40 bits per heavy atom. The summed E-state index contributed by atoms with van der Waals surface area (Å²) in [7, 11) is 0. The lowest BCUT2D eigenvalue weighted by Gasteiger charge is -2.03. The summed E-state index contributed by atoms with van der Waals surface area (Å²) in [5, 5.41) is 9.76. The van der Waals surface area contributed by atoms with Gasteiger partial charge in [0.1, 0.15) is 12.6 Å². The van der Waals surface area contributed by atoms with Crippen molar-refractivity contribution in [3.05, 3.63) is 30.1 Å². The number of H-pyrrole nitrogens is 1. The first-order valence-electron chi connectivity index (χ1n) is 5.10. The zero-order valence-corrected chi connectivity index (χ0v) is 9.13. The molecular formula is C11H13N2OS+. The molecule has 1 aromatic carbocycles. The molecule has 0 bridgehead atoms. The molecule has 1 unspecified atom stereocenters. The Hall–Kier alpha value is -1.00. The number of fused-ring (bicyclic) bond motifs is 3. The number of nitrogens with zero attached hydrogens (tertiary/aromatic N) is 1. The summed E-state index contributed by atoms with van der Waals surface area (Å²) in [6.07, 6.45) is -0.236. The number of aromatic amines is 1. The van der Waals surface area contributed by atoms with E-state index in [-0.39, 0.29) is 6.10 Å². The van der Waals surface area contributed by atoms with Crippen molar-refractivity contribution < 1.29 is 9.67 Å². The molecule has 1 aromatic heterocycles. The Balaban J connectivity index is 2.20. The number of aromatic nitrogens is 2. The monoisotopic (exact) mass is 221 g/mol. The fraction of sp³-hybridized carbons (Fsp3) is 0.364. The number of imidazole rings is 1. The summed E-state index contributed by atoms with van der Waals surface area (Å²) in [5.74, 6) is 2.98. The highest BCUT2D eigenvalue weighted by Crippen LogP contribution is 2.17. The molecule has 3 nitrogen and oxygen atoms in total. The molecule has 3 rings (SSSR count). The lowest BCUT2D eigenvalue weighted by Crippen LogP contribution is -2.41. The van der Waals surface area contributed by atoms with E-state index >= 15 is 0 Å². The van der Waals surface area contributed by atoms with Gasteiger partial charge in [-0.05, 0) is 12.1 Å². The average molecular weight is 221 g/mol. The Morgan fingerprint density at radius 2 is 2.27 bits per heavy atom. The zero-order valence-electron chi connectivity index (χ0n) is 8.31. The maximum atomic E-state index is 9.76. The molecule has 1 aliphatic heterocycles. The van der Waals surface area contributed by atoms with Crippen LogP contribution in [0.25, 0.3) is 11.0 Å². The summed E-state index contributed by atoms with van der Waals surface area (Å²) in [5.41, 5.74) is 2.34. The van der Waals surface area contributed by atoms with E-state index in [9.17, 15) is 5.11 Å². The van der Waals surface area contributed by atoms with E-state index < -0.39 is 0 Å². The van der Waals surface area contributed by atoms with Crippen LogP contribution in [0.2, 0.25) is 0 Å². The van der Waals surface area contributed by atoms with Crippen molar-refractivity contribution in [3.8, 4) is 0 Å². The highest BCUT2D eigenvalue weighted by atomic mass is 32.2. The smallest absolute Gasteiger partial charge is 0.265 e. The van der Waals surface area contributed by atoms with Gasteiger partial charge in [0.25, 0.3) is 5.82 Å². The summed E-state index contributed by atoms with van der Waals surface area (Å²) < 4.78 is 2.19. The first-order chi connectivity index (χ1) is 7.34. The highest BCUT2D eigenvalue weighted by Gasteiger charge is 2.24. The van der Waals surface area contributed by atoms with Crippen molar-refractivity contribution in [2.45, 2.75) is 18.4 Å². The molecular weight excluding hydrogens is 208 g/mol. The van der Waals surface area contributed by atoms with E-state index in [1.807, 2.05) is 12.1 Å². The molecule has 1 atom stereocenters. The van der Waals surface area contributed by atoms with Gasteiger partial charge in [0.2, 0.25) is 0 Å². The van der Waals surface area contributed by atoms with Crippen LogP contribution in [-0.4, -0.2) is 21.9 Å². The number of hydrogen-bond acceptors (Lipinski definition) is 2. The third kappa shape index (κ3) is 1.54. The van der Waals surface area contributed by atoms with E-state index in [0.717, 1.165) is 17.0 Å². The van der Waals surface area contributed by atoms with Gasteiger partial charge in [0.15, 0.2) is 11.0 Å². The number of para-hydroxylation sites is 2. The topological polar surface area (TPSA) is 39.9 Å². The predicted molar refractivity (Wildman–Crippen MR) is 60.7 cm³/mol. The van der Waals surface area contributed by atoms with Crippen molar-refractivity contribution in [2.24, 2.45) is 0 Å². The van der Waals surface area contributed by atoms with E-state index in [2.05, 4.69) is 21.7 Å². The van der Waals surface area contributed by atoms with Crippen molar-refractivity contribution in [1.29, 1.82) is 0 Å². The van der Waals surface area contributed by atoms with Gasteiger partial charge in [0, 0.05) is 5.75 Å². The Morgan fingerprint density at radius 3 is 3.20 bits per heavy atom. The summed E-state index contributed by atoms with van der Waals surface area (Å²) in [6.45, 7) is 0.701. The zero-order chi connectivity index (χ0) is 10.3. The SMILES string of the molecule is OC1CSCc2[nH]c3ccccc3[n+]2C1. The molecule has 15 heavy (non-hydrogen) atoms. The molecule has 4 heteroatoms. The van der Waals surface area contributed by atoms with Gasteiger partial charge in [-0.3, -0.25) is 0 Å². The lowest BCUT2D eigenvalue weighted by atomic mass is 10.3. The molecule has 78 valence electrons. The Bertz CT molecular complexity index is 494. The largest absolute Gasteiger partial charge is 0.388 e. The molecule has 2 heterocycles. The first kappa shape index (κ1) is 9.24. The molecule has 1 aliphatic rings. The fourth-order valence-corrected chi connectivity index (χ4v) is 2.98. The summed E-state index contributed by atoms with van der Waals surface area (Å²) in [4.78, 5) is 3.41. The van der Waals surface area contributed by atoms with Gasteiger partial charge in [-0.25, -0.2) is 9.55 Å². The average Bonchev–Trinajstić information content (AvgIpc) is 2.47. The third-order valence-electron chi connectivity index (χ3n) is 2.74. The normalized spacial score (nSPS) is 21.3. The minimum Gasteiger partial charge on any atom is -0.388 e. The van der Waals surface area contributed by atoms with Crippen LogP contribution in [0.1, 0.15) is 5.82 Å². The third-order valence-corrected chi connectivity index (χ3v) is 3.84. The maximum absolute atomic E-state index is 9.76. The number of benzene rings is 1. The van der Waals surface area contributed by atoms with Gasteiger partial charge in [-0.1, -0.05) is 12.1 Å². The fourth-order valence-electron chi connectivity index (χ4n) is 2.06. The van der Waals surface area contributed by atoms with Crippen molar-refractivity contribution >= 4 is 22.8 Å². The van der Waals surface area contributed by atoms with Gasteiger partial charge >= 0.3 is 0 Å². The van der Waals surface area contributed by atoms with Crippen LogP contribution >= 0.6 is 11.8 Å². The highest BCUT2D eigenvalue weighted by molar-refractivity contribution is 7.98. The molecule has 0 saturated carbocycles. The second-order valence-corrected chi connectivity index (χ2v) is 4.90. The molecule has 2 aromatic rings. The number of thioether (sulfide) groups is 1. The number of rotatable bonds is 0.